The van der Waals surface area contributed by atoms with Gasteiger partial charge in [-0.25, -0.2) is 9.18 Å². The Labute approximate surface area is 206 Å². The maximum atomic E-state index is 13.9. The van der Waals surface area contributed by atoms with Crippen molar-refractivity contribution in [1.82, 2.24) is 20.5 Å². The Morgan fingerprint density at radius 1 is 1.20 bits per heavy atom. The zero-order chi connectivity index (χ0) is 25.0. The van der Waals surface area contributed by atoms with E-state index in [4.69, 9.17) is 4.74 Å². The van der Waals surface area contributed by atoms with Crippen molar-refractivity contribution >= 4 is 12.0 Å². The molecule has 7 nitrogen and oxygen atoms in total. The number of halogens is 1. The third-order valence-corrected chi connectivity index (χ3v) is 6.60. The lowest BCUT2D eigenvalue weighted by atomic mass is 9.76. The van der Waals surface area contributed by atoms with Gasteiger partial charge in [0.15, 0.2) is 0 Å². The quantitative estimate of drug-likeness (QED) is 0.658. The van der Waals surface area contributed by atoms with E-state index in [1.807, 2.05) is 45.2 Å². The minimum atomic E-state index is -0.543. The normalized spacial score (nSPS) is 22.3. The molecule has 1 aromatic heterocycles. The van der Waals surface area contributed by atoms with Crippen molar-refractivity contribution in [2.75, 3.05) is 19.6 Å². The van der Waals surface area contributed by atoms with Gasteiger partial charge in [0.2, 0.25) is 5.91 Å². The van der Waals surface area contributed by atoms with Gasteiger partial charge < -0.3 is 15.4 Å². The number of likely N-dealkylation sites (tertiary alicyclic amines) is 1. The number of alkyl carbamates (subject to hydrolysis) is 1. The maximum Gasteiger partial charge on any atom is 0.407 e. The first-order chi connectivity index (χ1) is 16.7. The fourth-order valence-corrected chi connectivity index (χ4v) is 5.10. The number of carbonyl (C=O) groups excluding carboxylic acids is 2. The molecule has 2 aromatic rings. The van der Waals surface area contributed by atoms with Gasteiger partial charge in [0.05, 0.1) is 6.54 Å². The molecular weight excluding hydrogens is 447 g/mol. The van der Waals surface area contributed by atoms with Gasteiger partial charge in [-0.1, -0.05) is 12.1 Å². The monoisotopic (exact) mass is 482 g/mol. The summed E-state index contributed by atoms with van der Waals surface area (Å²) in [7, 11) is 0. The molecule has 4 rings (SSSR count). The summed E-state index contributed by atoms with van der Waals surface area (Å²) in [6.07, 6.45) is 6.15. The summed E-state index contributed by atoms with van der Waals surface area (Å²) in [5, 5.41) is 6.15. The average Bonchev–Trinajstić information content (AvgIpc) is 3.20. The van der Waals surface area contributed by atoms with Crippen molar-refractivity contribution in [3.05, 3.63) is 65.2 Å². The van der Waals surface area contributed by atoms with E-state index in [1.165, 1.54) is 6.07 Å². The topological polar surface area (TPSA) is 83.6 Å². The van der Waals surface area contributed by atoms with E-state index in [2.05, 4.69) is 20.5 Å². The van der Waals surface area contributed by atoms with Crippen LogP contribution in [0.1, 0.15) is 56.2 Å². The highest BCUT2D eigenvalue weighted by Gasteiger charge is 2.32. The first-order valence-corrected chi connectivity index (χ1v) is 12.3. The van der Waals surface area contributed by atoms with Gasteiger partial charge in [-0.05, 0) is 81.3 Å². The SMILES string of the molecule is CC(C)(C)OC(=O)N[C@H]1CCN(CC(=O)N[C@H]2CCc3cc(F)ccc3[C@H]2Cc2cccnc2)C1. The number of pyridine rings is 1. The number of aryl methyl sites for hydroxylation is 1. The number of rotatable bonds is 6. The summed E-state index contributed by atoms with van der Waals surface area (Å²) in [6.45, 7) is 7.12. The van der Waals surface area contributed by atoms with Crippen LogP contribution in [0.5, 0.6) is 0 Å². The summed E-state index contributed by atoms with van der Waals surface area (Å²) in [5.74, 6) is -0.211. The molecule has 2 N–H and O–H groups in total. The summed E-state index contributed by atoms with van der Waals surface area (Å²) in [5.41, 5.74) is 2.65. The van der Waals surface area contributed by atoms with Crippen LogP contribution < -0.4 is 10.6 Å². The highest BCUT2D eigenvalue weighted by molar-refractivity contribution is 5.78. The number of aromatic nitrogens is 1. The zero-order valence-corrected chi connectivity index (χ0v) is 20.7. The predicted molar refractivity (Wildman–Crippen MR) is 132 cm³/mol. The largest absolute Gasteiger partial charge is 0.444 e. The van der Waals surface area contributed by atoms with Crippen molar-refractivity contribution in [2.24, 2.45) is 0 Å². The van der Waals surface area contributed by atoms with Crippen LogP contribution in [0.3, 0.4) is 0 Å². The van der Waals surface area contributed by atoms with E-state index in [1.54, 1.807) is 12.3 Å². The molecule has 0 bridgehead atoms. The second-order valence-electron chi connectivity index (χ2n) is 10.6. The van der Waals surface area contributed by atoms with Crippen molar-refractivity contribution < 1.29 is 18.7 Å². The Kier molecular flexibility index (Phi) is 7.69. The third kappa shape index (κ3) is 7.01. The van der Waals surface area contributed by atoms with Gasteiger partial charge in [0.25, 0.3) is 0 Å². The van der Waals surface area contributed by atoms with Gasteiger partial charge in [-0.2, -0.15) is 0 Å². The van der Waals surface area contributed by atoms with Crippen molar-refractivity contribution in [3.63, 3.8) is 0 Å². The summed E-state index contributed by atoms with van der Waals surface area (Å²) in [4.78, 5) is 31.3. The van der Waals surface area contributed by atoms with Gasteiger partial charge in [0.1, 0.15) is 11.4 Å². The van der Waals surface area contributed by atoms with Crippen LogP contribution in [-0.4, -0.2) is 59.2 Å². The first-order valence-electron chi connectivity index (χ1n) is 12.3. The Bertz CT molecular complexity index is 1040. The molecule has 1 saturated heterocycles. The van der Waals surface area contributed by atoms with E-state index in [0.717, 1.165) is 48.9 Å². The van der Waals surface area contributed by atoms with E-state index < -0.39 is 11.7 Å². The molecule has 2 aliphatic rings. The molecule has 0 unspecified atom stereocenters. The van der Waals surface area contributed by atoms with Crippen LogP contribution in [0.25, 0.3) is 0 Å². The van der Waals surface area contributed by atoms with E-state index >= 15 is 0 Å². The highest BCUT2D eigenvalue weighted by atomic mass is 19.1. The molecule has 1 aromatic carbocycles. The lowest BCUT2D eigenvalue weighted by Crippen LogP contribution is -2.47. The summed E-state index contributed by atoms with van der Waals surface area (Å²) >= 11 is 0. The minimum absolute atomic E-state index is 0.0327. The van der Waals surface area contributed by atoms with Crippen LogP contribution in [0.15, 0.2) is 42.7 Å². The molecule has 1 fully saturated rings. The zero-order valence-electron chi connectivity index (χ0n) is 20.7. The number of benzene rings is 1. The first kappa shape index (κ1) is 25.1. The average molecular weight is 483 g/mol. The number of nitrogens with zero attached hydrogens (tertiary/aromatic N) is 2. The van der Waals surface area contributed by atoms with Crippen LogP contribution >= 0.6 is 0 Å². The van der Waals surface area contributed by atoms with Gasteiger partial charge in [-0.15, -0.1) is 0 Å². The number of ether oxygens (including phenoxy) is 1. The Hall–Kier alpha value is -3.00. The maximum absolute atomic E-state index is 13.9. The Morgan fingerprint density at radius 2 is 2.03 bits per heavy atom. The number of hydrogen-bond donors (Lipinski definition) is 2. The standard InChI is InChI=1S/C27H35FN4O3/c1-27(2,3)35-26(34)30-21-10-12-32(16-21)17-25(33)31-24-9-6-19-14-20(28)7-8-22(19)23(24)13-18-5-4-11-29-15-18/h4-5,7-8,11,14-15,21,23-24H,6,9-10,12-13,16-17H2,1-3H3,(H,30,34)(H,31,33)/t21-,23+,24-/m0/s1. The lowest BCUT2D eigenvalue weighted by Gasteiger charge is -2.35. The molecule has 2 amide bonds. The molecule has 1 aliphatic carbocycles. The summed E-state index contributed by atoms with van der Waals surface area (Å²) in [6, 6.07) is 8.84. The number of amides is 2. The van der Waals surface area contributed by atoms with E-state index in [0.29, 0.717) is 6.54 Å². The van der Waals surface area contributed by atoms with Gasteiger partial charge in [-0.3, -0.25) is 14.7 Å². The van der Waals surface area contributed by atoms with Crippen LogP contribution in [-0.2, 0) is 22.4 Å². The lowest BCUT2D eigenvalue weighted by molar-refractivity contribution is -0.123. The molecule has 35 heavy (non-hydrogen) atoms. The van der Waals surface area contributed by atoms with Crippen molar-refractivity contribution in [3.8, 4) is 0 Å². The second kappa shape index (κ2) is 10.7. The molecule has 0 radical (unpaired) electrons. The molecule has 2 heterocycles. The molecule has 0 saturated carbocycles. The third-order valence-electron chi connectivity index (χ3n) is 6.60. The van der Waals surface area contributed by atoms with E-state index in [-0.39, 0.29) is 36.3 Å². The van der Waals surface area contributed by atoms with Gasteiger partial charge >= 0.3 is 6.09 Å². The van der Waals surface area contributed by atoms with Crippen LogP contribution in [0, 0.1) is 5.82 Å². The molecular formula is C27H35FN4O3. The molecule has 3 atom stereocenters. The fraction of sp³-hybridized carbons (Fsp3) is 0.519. The number of nitrogens with one attached hydrogen (secondary N) is 2. The van der Waals surface area contributed by atoms with Crippen LogP contribution in [0.2, 0.25) is 0 Å². The Morgan fingerprint density at radius 3 is 2.77 bits per heavy atom. The summed E-state index contributed by atoms with van der Waals surface area (Å²) < 4.78 is 19.2. The molecule has 0 spiro atoms. The van der Waals surface area contributed by atoms with Gasteiger partial charge in [0, 0.05) is 43.5 Å². The Balaban J connectivity index is 1.36. The van der Waals surface area contributed by atoms with E-state index in [9.17, 15) is 14.0 Å². The van der Waals surface area contributed by atoms with Crippen LogP contribution in [0.4, 0.5) is 9.18 Å². The van der Waals surface area contributed by atoms with Crippen molar-refractivity contribution in [1.29, 1.82) is 0 Å². The number of carbonyl (C=O) groups is 2. The molecule has 188 valence electrons. The fourth-order valence-electron chi connectivity index (χ4n) is 5.10. The number of fused-ring (bicyclic) bond motifs is 1. The van der Waals surface area contributed by atoms with Crippen molar-refractivity contribution in [2.45, 2.75) is 70.1 Å². The minimum Gasteiger partial charge on any atom is -0.444 e. The predicted octanol–water partition coefficient (Wildman–Crippen LogP) is 3.58. The molecule has 1 aliphatic heterocycles. The smallest absolute Gasteiger partial charge is 0.407 e. The highest BCUT2D eigenvalue weighted by Crippen LogP contribution is 2.35. The second-order valence-corrected chi connectivity index (χ2v) is 10.6. The molecule has 8 heteroatoms. The number of hydrogen-bond acceptors (Lipinski definition) is 5.